The normalized spacial score (nSPS) is 38.0. The van der Waals surface area contributed by atoms with E-state index in [2.05, 4.69) is 51.9 Å². The first-order valence-corrected chi connectivity index (χ1v) is 8.38. The molecule has 3 heteroatoms. The highest BCUT2D eigenvalue weighted by Gasteiger charge is 2.49. The fraction of sp³-hybridized carbons (Fsp3) is 1.00. The summed E-state index contributed by atoms with van der Waals surface area (Å²) in [6.45, 7) is 13.6. The first-order valence-electron chi connectivity index (χ1n) is 8.38. The van der Waals surface area contributed by atoms with Crippen LogP contribution in [0.5, 0.6) is 0 Å². The predicted octanol–water partition coefficient (Wildman–Crippen LogP) is 2.90. The lowest BCUT2D eigenvalue weighted by Gasteiger charge is -2.54. The molecular weight excluding hydrogens is 248 g/mol. The van der Waals surface area contributed by atoms with Gasteiger partial charge < -0.3 is 15.0 Å². The average molecular weight is 282 g/mol. The molecule has 0 bridgehead atoms. The monoisotopic (exact) mass is 282 g/mol. The topological polar surface area (TPSA) is 24.5 Å². The molecule has 0 amide bonds. The quantitative estimate of drug-likeness (QED) is 0.839. The zero-order chi connectivity index (χ0) is 14.9. The highest BCUT2D eigenvalue weighted by molar-refractivity contribution is 5.04. The molecule has 1 saturated heterocycles. The van der Waals surface area contributed by atoms with Crippen molar-refractivity contribution in [1.82, 2.24) is 10.2 Å². The second-order valence-electron chi connectivity index (χ2n) is 8.04. The summed E-state index contributed by atoms with van der Waals surface area (Å²) < 4.78 is 6.06. The molecule has 0 spiro atoms. The minimum absolute atomic E-state index is 0.279. The van der Waals surface area contributed by atoms with Gasteiger partial charge in [-0.25, -0.2) is 0 Å². The number of nitrogens with zero attached hydrogens (tertiary/aromatic N) is 1. The van der Waals surface area contributed by atoms with Crippen molar-refractivity contribution >= 4 is 0 Å². The molecule has 0 aromatic carbocycles. The Kier molecular flexibility index (Phi) is 5.14. The van der Waals surface area contributed by atoms with Crippen molar-refractivity contribution < 1.29 is 4.74 Å². The van der Waals surface area contributed by atoms with E-state index in [-0.39, 0.29) is 5.41 Å². The van der Waals surface area contributed by atoms with Gasteiger partial charge in [-0.1, -0.05) is 27.7 Å². The smallest absolute Gasteiger partial charge is 0.0656 e. The lowest BCUT2D eigenvalue weighted by Crippen LogP contribution is -2.64. The minimum Gasteiger partial charge on any atom is -0.377 e. The number of likely N-dealkylation sites (tertiary alicyclic amines) is 1. The van der Waals surface area contributed by atoms with E-state index in [0.29, 0.717) is 30.1 Å². The molecule has 118 valence electrons. The van der Waals surface area contributed by atoms with E-state index in [9.17, 15) is 0 Å². The van der Waals surface area contributed by atoms with Crippen molar-refractivity contribution in [3.05, 3.63) is 0 Å². The number of hydrogen-bond acceptors (Lipinski definition) is 3. The van der Waals surface area contributed by atoms with Crippen LogP contribution in [0.25, 0.3) is 0 Å². The van der Waals surface area contributed by atoms with Crippen LogP contribution in [0.4, 0.5) is 0 Å². The molecule has 1 heterocycles. The largest absolute Gasteiger partial charge is 0.377 e. The summed E-state index contributed by atoms with van der Waals surface area (Å²) in [5, 5.41) is 3.91. The molecular formula is C17H34N2O. The zero-order valence-corrected chi connectivity index (χ0v) is 14.3. The lowest BCUT2D eigenvalue weighted by atomic mass is 9.64. The van der Waals surface area contributed by atoms with Gasteiger partial charge in [-0.2, -0.15) is 0 Å². The SMILES string of the molecule is CC(C)COC1CC(NC2CCN(C)C(C)C2)C1(C)C. The molecule has 4 atom stereocenters. The summed E-state index contributed by atoms with van der Waals surface area (Å²) >= 11 is 0. The number of hydrogen-bond donors (Lipinski definition) is 1. The third-order valence-corrected chi connectivity index (χ3v) is 5.45. The Morgan fingerprint density at radius 2 is 2.00 bits per heavy atom. The first-order chi connectivity index (χ1) is 9.30. The molecule has 0 aromatic heterocycles. The van der Waals surface area contributed by atoms with Crippen molar-refractivity contribution in [2.75, 3.05) is 20.2 Å². The van der Waals surface area contributed by atoms with E-state index < -0.39 is 0 Å². The maximum absolute atomic E-state index is 6.06. The van der Waals surface area contributed by atoms with E-state index in [1.807, 2.05) is 0 Å². The Morgan fingerprint density at radius 3 is 2.55 bits per heavy atom. The van der Waals surface area contributed by atoms with Gasteiger partial charge in [-0.3, -0.25) is 0 Å². The van der Waals surface area contributed by atoms with Crippen molar-refractivity contribution in [2.24, 2.45) is 11.3 Å². The van der Waals surface area contributed by atoms with Gasteiger partial charge in [0.15, 0.2) is 0 Å². The van der Waals surface area contributed by atoms with Gasteiger partial charge in [0, 0.05) is 30.1 Å². The molecule has 3 nitrogen and oxygen atoms in total. The Bertz CT molecular complexity index is 316. The van der Waals surface area contributed by atoms with Gasteiger partial charge in [-0.05, 0) is 45.7 Å². The molecule has 2 rings (SSSR count). The van der Waals surface area contributed by atoms with Gasteiger partial charge in [0.1, 0.15) is 0 Å². The van der Waals surface area contributed by atoms with Crippen molar-refractivity contribution in [3.63, 3.8) is 0 Å². The van der Waals surface area contributed by atoms with Crippen LogP contribution in [-0.4, -0.2) is 49.3 Å². The number of ether oxygens (including phenoxy) is 1. The van der Waals surface area contributed by atoms with Gasteiger partial charge in [0.05, 0.1) is 6.10 Å². The van der Waals surface area contributed by atoms with Crippen LogP contribution in [0.15, 0.2) is 0 Å². The third-order valence-electron chi connectivity index (χ3n) is 5.45. The Hall–Kier alpha value is -0.120. The van der Waals surface area contributed by atoms with E-state index in [0.717, 1.165) is 6.61 Å². The van der Waals surface area contributed by atoms with Gasteiger partial charge in [-0.15, -0.1) is 0 Å². The Balaban J connectivity index is 1.78. The van der Waals surface area contributed by atoms with Crippen LogP contribution in [-0.2, 0) is 4.74 Å². The zero-order valence-electron chi connectivity index (χ0n) is 14.3. The van der Waals surface area contributed by atoms with Crippen LogP contribution in [0, 0.1) is 11.3 Å². The van der Waals surface area contributed by atoms with E-state index in [4.69, 9.17) is 4.74 Å². The lowest BCUT2D eigenvalue weighted by molar-refractivity contribution is -0.127. The first kappa shape index (κ1) is 16.3. The minimum atomic E-state index is 0.279. The highest BCUT2D eigenvalue weighted by Crippen LogP contribution is 2.43. The summed E-state index contributed by atoms with van der Waals surface area (Å²) in [4.78, 5) is 2.47. The van der Waals surface area contributed by atoms with E-state index in [1.54, 1.807) is 0 Å². The molecule has 1 saturated carbocycles. The van der Waals surface area contributed by atoms with E-state index in [1.165, 1.54) is 25.8 Å². The van der Waals surface area contributed by atoms with E-state index >= 15 is 0 Å². The summed E-state index contributed by atoms with van der Waals surface area (Å²) in [6, 6.07) is 2.02. The second kappa shape index (κ2) is 6.33. The number of nitrogens with one attached hydrogen (secondary N) is 1. The molecule has 2 aliphatic rings. The maximum atomic E-state index is 6.06. The highest BCUT2D eigenvalue weighted by atomic mass is 16.5. The third kappa shape index (κ3) is 3.55. The van der Waals surface area contributed by atoms with Gasteiger partial charge >= 0.3 is 0 Å². The van der Waals surface area contributed by atoms with Crippen molar-refractivity contribution in [2.45, 2.75) is 78.1 Å². The van der Waals surface area contributed by atoms with Crippen molar-refractivity contribution in [1.29, 1.82) is 0 Å². The molecule has 0 aromatic rings. The molecule has 0 radical (unpaired) electrons. The summed E-state index contributed by atoms with van der Waals surface area (Å²) in [5.41, 5.74) is 0.279. The van der Waals surface area contributed by atoms with Gasteiger partial charge in [0.25, 0.3) is 0 Å². The molecule has 1 N–H and O–H groups in total. The molecule has 4 unspecified atom stereocenters. The van der Waals surface area contributed by atoms with Gasteiger partial charge in [0.2, 0.25) is 0 Å². The van der Waals surface area contributed by atoms with Crippen molar-refractivity contribution in [3.8, 4) is 0 Å². The molecule has 2 fully saturated rings. The summed E-state index contributed by atoms with van der Waals surface area (Å²) in [7, 11) is 2.24. The molecule has 1 aliphatic carbocycles. The van der Waals surface area contributed by atoms with Crippen LogP contribution in [0.2, 0.25) is 0 Å². The van der Waals surface area contributed by atoms with Crippen LogP contribution in [0.3, 0.4) is 0 Å². The fourth-order valence-corrected chi connectivity index (χ4v) is 3.49. The molecule has 1 aliphatic heterocycles. The Morgan fingerprint density at radius 1 is 1.30 bits per heavy atom. The molecule has 20 heavy (non-hydrogen) atoms. The second-order valence-corrected chi connectivity index (χ2v) is 8.04. The summed E-state index contributed by atoms with van der Waals surface area (Å²) in [5.74, 6) is 0.632. The average Bonchev–Trinajstić information content (AvgIpc) is 2.36. The predicted molar refractivity (Wildman–Crippen MR) is 85.0 cm³/mol. The maximum Gasteiger partial charge on any atom is 0.0656 e. The van der Waals surface area contributed by atoms with Crippen LogP contribution in [0.1, 0.15) is 53.9 Å². The fourth-order valence-electron chi connectivity index (χ4n) is 3.49. The Labute approximate surface area is 125 Å². The number of rotatable bonds is 5. The standard InChI is InChI=1S/C17H34N2O/c1-12(2)11-20-16-10-15(17(16,4)5)18-14-7-8-19(6)13(3)9-14/h12-16,18H,7-11H2,1-6H3. The number of piperidine rings is 1. The van der Waals surface area contributed by atoms with Crippen LogP contribution >= 0.6 is 0 Å². The van der Waals surface area contributed by atoms with Crippen LogP contribution < -0.4 is 5.32 Å². The summed E-state index contributed by atoms with van der Waals surface area (Å²) in [6.07, 6.45) is 4.18.